The fourth-order valence-electron chi connectivity index (χ4n) is 3.82. The second kappa shape index (κ2) is 4.80. The van der Waals surface area contributed by atoms with E-state index < -0.39 is 0 Å². The molecule has 0 aromatic heterocycles. The Labute approximate surface area is 114 Å². The molecule has 3 rings (SSSR count). The number of piperazine rings is 1. The van der Waals surface area contributed by atoms with Gasteiger partial charge in [-0.1, -0.05) is 20.3 Å². The highest BCUT2D eigenvalue weighted by atomic mass is 16.2. The van der Waals surface area contributed by atoms with E-state index in [1.54, 1.807) is 0 Å². The maximum absolute atomic E-state index is 12.8. The summed E-state index contributed by atoms with van der Waals surface area (Å²) in [5.41, 5.74) is 0. The summed E-state index contributed by atoms with van der Waals surface area (Å²) < 4.78 is 0. The average molecular weight is 264 g/mol. The molecule has 19 heavy (non-hydrogen) atoms. The Bertz CT molecular complexity index is 392. The van der Waals surface area contributed by atoms with Crippen molar-refractivity contribution < 1.29 is 9.59 Å². The van der Waals surface area contributed by atoms with E-state index in [0.29, 0.717) is 11.8 Å². The van der Waals surface area contributed by atoms with Crippen molar-refractivity contribution in [3.63, 3.8) is 0 Å². The number of hydrogen-bond acceptors (Lipinski definition) is 2. The van der Waals surface area contributed by atoms with Crippen LogP contribution in [0.15, 0.2) is 0 Å². The molecule has 0 bridgehead atoms. The zero-order chi connectivity index (χ0) is 13.6. The first-order valence-corrected chi connectivity index (χ1v) is 7.76. The lowest BCUT2D eigenvalue weighted by Gasteiger charge is -2.43. The van der Waals surface area contributed by atoms with Crippen molar-refractivity contribution in [2.75, 3.05) is 0 Å². The van der Waals surface area contributed by atoms with E-state index in [4.69, 9.17) is 0 Å². The topological polar surface area (TPSA) is 49.4 Å². The van der Waals surface area contributed by atoms with Crippen LogP contribution in [0.5, 0.6) is 0 Å². The average Bonchev–Trinajstić information content (AvgIpc) is 3.14. The highest BCUT2D eigenvalue weighted by molar-refractivity contribution is 5.97. The number of carbonyl (C=O) groups is 2. The molecule has 0 aromatic rings. The van der Waals surface area contributed by atoms with E-state index in [1.165, 1.54) is 12.8 Å². The fraction of sp³-hybridized carbons (Fsp3) is 0.867. The Kier molecular flexibility index (Phi) is 3.27. The van der Waals surface area contributed by atoms with Gasteiger partial charge in [0.1, 0.15) is 12.1 Å². The first kappa shape index (κ1) is 12.9. The van der Waals surface area contributed by atoms with Crippen LogP contribution in [0.25, 0.3) is 0 Å². The molecule has 0 radical (unpaired) electrons. The second-order valence-corrected chi connectivity index (χ2v) is 6.47. The Morgan fingerprint density at radius 3 is 2.47 bits per heavy atom. The Morgan fingerprint density at radius 2 is 1.95 bits per heavy atom. The maximum Gasteiger partial charge on any atom is 0.246 e. The minimum Gasteiger partial charge on any atom is -0.342 e. The van der Waals surface area contributed by atoms with Gasteiger partial charge < -0.3 is 10.2 Å². The summed E-state index contributed by atoms with van der Waals surface area (Å²) in [6.07, 6.45) is 6.32. The lowest BCUT2D eigenvalue weighted by atomic mass is 9.95. The smallest absolute Gasteiger partial charge is 0.246 e. The minimum atomic E-state index is -0.243. The molecule has 3 aliphatic rings. The molecule has 0 aromatic carbocycles. The van der Waals surface area contributed by atoms with Crippen molar-refractivity contribution in [3.05, 3.63) is 0 Å². The van der Waals surface area contributed by atoms with Crippen LogP contribution >= 0.6 is 0 Å². The SMILES string of the molecule is CCC1C(=O)NC(C2CC2)C(=O)N1C1CCCC1C. The van der Waals surface area contributed by atoms with Crippen LogP contribution in [0.3, 0.4) is 0 Å². The van der Waals surface area contributed by atoms with Gasteiger partial charge in [0.05, 0.1) is 0 Å². The summed E-state index contributed by atoms with van der Waals surface area (Å²) in [5.74, 6) is 1.18. The summed E-state index contributed by atoms with van der Waals surface area (Å²) in [6.45, 7) is 4.22. The van der Waals surface area contributed by atoms with E-state index in [1.807, 2.05) is 11.8 Å². The number of amides is 2. The molecule has 3 fully saturated rings. The zero-order valence-corrected chi connectivity index (χ0v) is 11.9. The van der Waals surface area contributed by atoms with Gasteiger partial charge in [0.2, 0.25) is 11.8 Å². The highest BCUT2D eigenvalue weighted by Crippen LogP contribution is 2.38. The van der Waals surface area contributed by atoms with E-state index in [9.17, 15) is 9.59 Å². The molecule has 1 heterocycles. The monoisotopic (exact) mass is 264 g/mol. The van der Waals surface area contributed by atoms with Crippen molar-refractivity contribution >= 4 is 11.8 Å². The molecular formula is C15H24N2O2. The van der Waals surface area contributed by atoms with E-state index in [2.05, 4.69) is 12.2 Å². The molecule has 4 atom stereocenters. The first-order valence-electron chi connectivity index (χ1n) is 7.76. The number of hydrogen-bond donors (Lipinski definition) is 1. The summed E-state index contributed by atoms with van der Waals surface area (Å²) in [5, 5.41) is 2.97. The summed E-state index contributed by atoms with van der Waals surface area (Å²) in [6, 6.07) is -0.194. The molecular weight excluding hydrogens is 240 g/mol. The van der Waals surface area contributed by atoms with Gasteiger partial charge in [-0.25, -0.2) is 0 Å². The molecule has 1 aliphatic heterocycles. The predicted octanol–water partition coefficient (Wildman–Crippen LogP) is 1.69. The third-order valence-corrected chi connectivity index (χ3v) is 5.11. The zero-order valence-electron chi connectivity index (χ0n) is 11.9. The minimum absolute atomic E-state index is 0.0677. The van der Waals surface area contributed by atoms with Crippen molar-refractivity contribution in [2.24, 2.45) is 11.8 Å². The molecule has 0 spiro atoms. The van der Waals surface area contributed by atoms with E-state index >= 15 is 0 Å². The number of nitrogens with zero attached hydrogens (tertiary/aromatic N) is 1. The van der Waals surface area contributed by atoms with Crippen LogP contribution in [-0.2, 0) is 9.59 Å². The molecule has 106 valence electrons. The van der Waals surface area contributed by atoms with Crippen LogP contribution in [0.1, 0.15) is 52.4 Å². The molecule has 2 amide bonds. The number of nitrogens with one attached hydrogen (secondary N) is 1. The number of carbonyl (C=O) groups excluding carboxylic acids is 2. The largest absolute Gasteiger partial charge is 0.342 e. The van der Waals surface area contributed by atoms with Gasteiger partial charge in [-0.05, 0) is 43.9 Å². The second-order valence-electron chi connectivity index (χ2n) is 6.47. The predicted molar refractivity (Wildman–Crippen MR) is 72.4 cm³/mol. The first-order chi connectivity index (χ1) is 9.13. The molecule has 1 N–H and O–H groups in total. The summed E-state index contributed by atoms with van der Waals surface area (Å²) >= 11 is 0. The third kappa shape index (κ3) is 2.15. The van der Waals surface area contributed by atoms with Crippen LogP contribution in [0.4, 0.5) is 0 Å². The van der Waals surface area contributed by atoms with Crippen molar-refractivity contribution in [2.45, 2.75) is 70.5 Å². The summed E-state index contributed by atoms with van der Waals surface area (Å²) in [4.78, 5) is 27.0. The van der Waals surface area contributed by atoms with Gasteiger partial charge >= 0.3 is 0 Å². The molecule has 2 aliphatic carbocycles. The van der Waals surface area contributed by atoms with Crippen molar-refractivity contribution in [1.82, 2.24) is 10.2 Å². The Hall–Kier alpha value is -1.06. The van der Waals surface area contributed by atoms with E-state index in [-0.39, 0.29) is 29.9 Å². The lowest BCUT2D eigenvalue weighted by Crippen LogP contribution is -2.66. The van der Waals surface area contributed by atoms with Gasteiger partial charge in [-0.3, -0.25) is 9.59 Å². The van der Waals surface area contributed by atoms with Crippen molar-refractivity contribution in [1.29, 1.82) is 0 Å². The molecule has 4 heteroatoms. The Balaban J connectivity index is 1.86. The lowest BCUT2D eigenvalue weighted by molar-refractivity contribution is -0.153. The Morgan fingerprint density at radius 1 is 1.21 bits per heavy atom. The van der Waals surface area contributed by atoms with Gasteiger partial charge in [-0.15, -0.1) is 0 Å². The quantitative estimate of drug-likeness (QED) is 0.843. The standard InChI is InChI=1S/C15H24N2O2/c1-3-11-14(18)16-13(10-7-8-10)15(19)17(11)12-6-4-5-9(12)2/h9-13H,3-8H2,1-2H3,(H,16,18). The summed E-state index contributed by atoms with van der Waals surface area (Å²) in [7, 11) is 0. The molecule has 4 nitrogen and oxygen atoms in total. The van der Waals surface area contributed by atoms with Crippen molar-refractivity contribution in [3.8, 4) is 0 Å². The highest BCUT2D eigenvalue weighted by Gasteiger charge is 2.49. The fourth-order valence-corrected chi connectivity index (χ4v) is 3.82. The van der Waals surface area contributed by atoms with Crippen LogP contribution in [0, 0.1) is 11.8 Å². The van der Waals surface area contributed by atoms with E-state index in [0.717, 1.165) is 25.7 Å². The van der Waals surface area contributed by atoms with Crippen LogP contribution in [-0.4, -0.2) is 34.8 Å². The van der Waals surface area contributed by atoms with Gasteiger partial charge in [0.25, 0.3) is 0 Å². The number of rotatable bonds is 3. The van der Waals surface area contributed by atoms with Gasteiger partial charge in [-0.2, -0.15) is 0 Å². The van der Waals surface area contributed by atoms with Crippen LogP contribution < -0.4 is 5.32 Å². The maximum atomic E-state index is 12.8. The van der Waals surface area contributed by atoms with Crippen LogP contribution in [0.2, 0.25) is 0 Å². The molecule has 4 unspecified atom stereocenters. The normalized spacial score (nSPS) is 39.6. The third-order valence-electron chi connectivity index (χ3n) is 5.11. The van der Waals surface area contributed by atoms with Gasteiger partial charge in [0.15, 0.2) is 0 Å². The van der Waals surface area contributed by atoms with Gasteiger partial charge in [0, 0.05) is 6.04 Å². The molecule has 2 saturated carbocycles. The molecule has 1 saturated heterocycles.